The average molecular weight is 298 g/mol. The lowest BCUT2D eigenvalue weighted by Crippen LogP contribution is -2.40. The third-order valence-electron chi connectivity index (χ3n) is 3.38. The van der Waals surface area contributed by atoms with Crippen LogP contribution in [0.2, 0.25) is 0 Å². The first kappa shape index (κ1) is 17.1. The fourth-order valence-electron chi connectivity index (χ4n) is 2.09. The van der Waals surface area contributed by atoms with Crippen LogP contribution in [0.4, 0.5) is 0 Å². The van der Waals surface area contributed by atoms with E-state index in [4.69, 9.17) is 0 Å². The van der Waals surface area contributed by atoms with E-state index in [1.54, 1.807) is 6.92 Å². The first-order valence-electron chi connectivity index (χ1n) is 7.16. The van der Waals surface area contributed by atoms with Gasteiger partial charge in [-0.3, -0.25) is 0 Å². The van der Waals surface area contributed by atoms with Gasteiger partial charge in [-0.25, -0.2) is 13.1 Å². The molecule has 0 aliphatic rings. The van der Waals surface area contributed by atoms with E-state index < -0.39 is 15.3 Å². The summed E-state index contributed by atoms with van der Waals surface area (Å²) in [5.74, 6) is 0. The van der Waals surface area contributed by atoms with Crippen LogP contribution in [-0.2, 0) is 10.0 Å². The molecule has 2 N–H and O–H groups in total. The number of hydrogen-bond acceptors (Lipinski definition) is 3. The van der Waals surface area contributed by atoms with Crippen molar-refractivity contribution in [2.24, 2.45) is 0 Å². The van der Waals surface area contributed by atoms with E-state index in [2.05, 4.69) is 17.0 Å². The zero-order valence-electron chi connectivity index (χ0n) is 12.8. The molecule has 0 bridgehead atoms. The molecule has 5 heteroatoms. The van der Waals surface area contributed by atoms with Gasteiger partial charge in [-0.1, -0.05) is 31.2 Å². The van der Waals surface area contributed by atoms with Crippen molar-refractivity contribution >= 4 is 10.0 Å². The molecule has 2 unspecified atom stereocenters. The summed E-state index contributed by atoms with van der Waals surface area (Å²) in [6.07, 6.45) is 1.000. The lowest BCUT2D eigenvalue weighted by atomic mass is 10.0. The van der Waals surface area contributed by atoms with E-state index in [0.717, 1.165) is 24.1 Å². The smallest absolute Gasteiger partial charge is 0.216 e. The number of rotatable bonds is 8. The van der Waals surface area contributed by atoms with Gasteiger partial charge in [-0.2, -0.15) is 0 Å². The van der Waals surface area contributed by atoms with E-state index in [0.29, 0.717) is 6.54 Å². The molecule has 1 aromatic carbocycles. The molecular formula is C15H26N2O2S. The number of nitrogens with one attached hydrogen (secondary N) is 2. The van der Waals surface area contributed by atoms with Crippen LogP contribution < -0.4 is 10.0 Å². The molecule has 2 atom stereocenters. The van der Waals surface area contributed by atoms with Crippen molar-refractivity contribution in [1.82, 2.24) is 10.0 Å². The highest BCUT2D eigenvalue weighted by Crippen LogP contribution is 2.18. The molecule has 0 aliphatic carbocycles. The Hall–Kier alpha value is -0.910. The molecule has 20 heavy (non-hydrogen) atoms. The minimum absolute atomic E-state index is 0.213. The maximum Gasteiger partial charge on any atom is 0.216 e. The van der Waals surface area contributed by atoms with Crippen molar-refractivity contribution < 1.29 is 8.42 Å². The highest BCUT2D eigenvalue weighted by Gasteiger charge is 2.23. The van der Waals surface area contributed by atoms with Crippen molar-refractivity contribution in [3.63, 3.8) is 0 Å². The number of benzene rings is 1. The van der Waals surface area contributed by atoms with Crippen LogP contribution in [0.3, 0.4) is 0 Å². The topological polar surface area (TPSA) is 58.2 Å². The Kier molecular flexibility index (Phi) is 6.65. The van der Waals surface area contributed by atoms with Crippen LogP contribution in [0.5, 0.6) is 0 Å². The van der Waals surface area contributed by atoms with Gasteiger partial charge >= 0.3 is 0 Å². The quantitative estimate of drug-likeness (QED) is 0.724. The third-order valence-corrected chi connectivity index (χ3v) is 5.29. The van der Waals surface area contributed by atoms with Gasteiger partial charge in [0.05, 0.1) is 5.25 Å². The summed E-state index contributed by atoms with van der Waals surface area (Å²) in [6, 6.07) is 7.63. The van der Waals surface area contributed by atoms with E-state index in [1.807, 2.05) is 38.1 Å². The standard InChI is InChI=1S/C15H26N2O2S/c1-5-10-16-11-13(3)20(18,19)17-14(4)15-9-7-6-8-12(15)2/h6-9,13-14,16-17H,5,10-11H2,1-4H3. The minimum Gasteiger partial charge on any atom is -0.315 e. The Morgan fingerprint density at radius 3 is 2.45 bits per heavy atom. The molecule has 1 aromatic rings. The maximum atomic E-state index is 12.3. The zero-order chi connectivity index (χ0) is 15.2. The molecule has 0 spiro atoms. The van der Waals surface area contributed by atoms with E-state index in [9.17, 15) is 8.42 Å². The average Bonchev–Trinajstić information content (AvgIpc) is 2.38. The molecule has 0 saturated heterocycles. The lowest BCUT2D eigenvalue weighted by molar-refractivity contribution is 0.544. The fourth-order valence-corrected chi connectivity index (χ4v) is 3.28. The summed E-state index contributed by atoms with van der Waals surface area (Å²) in [7, 11) is -3.32. The van der Waals surface area contributed by atoms with Crippen LogP contribution in [-0.4, -0.2) is 26.8 Å². The van der Waals surface area contributed by atoms with Gasteiger partial charge in [0, 0.05) is 12.6 Å². The van der Waals surface area contributed by atoms with E-state index in [1.165, 1.54) is 0 Å². The second kappa shape index (κ2) is 7.76. The molecule has 0 fully saturated rings. The van der Waals surface area contributed by atoms with Gasteiger partial charge in [0.25, 0.3) is 0 Å². The van der Waals surface area contributed by atoms with Gasteiger partial charge in [0.15, 0.2) is 0 Å². The minimum atomic E-state index is -3.32. The highest BCUT2D eigenvalue weighted by molar-refractivity contribution is 7.90. The van der Waals surface area contributed by atoms with E-state index >= 15 is 0 Å². The summed E-state index contributed by atoms with van der Waals surface area (Å²) in [5.41, 5.74) is 2.12. The molecule has 0 saturated carbocycles. The van der Waals surface area contributed by atoms with Crippen molar-refractivity contribution in [1.29, 1.82) is 0 Å². The molecule has 114 valence electrons. The molecule has 1 rings (SSSR count). The molecule has 0 aromatic heterocycles. The second-order valence-corrected chi connectivity index (χ2v) is 7.39. The lowest BCUT2D eigenvalue weighted by Gasteiger charge is -2.20. The molecular weight excluding hydrogens is 272 g/mol. The Morgan fingerprint density at radius 2 is 1.85 bits per heavy atom. The number of sulfonamides is 1. The monoisotopic (exact) mass is 298 g/mol. The normalized spacial score (nSPS) is 15.0. The summed E-state index contributed by atoms with van der Waals surface area (Å²) in [4.78, 5) is 0. The van der Waals surface area contributed by atoms with Crippen molar-refractivity contribution in [3.05, 3.63) is 35.4 Å². The summed E-state index contributed by atoms with van der Waals surface area (Å²) >= 11 is 0. The molecule has 0 amide bonds. The Morgan fingerprint density at radius 1 is 1.20 bits per heavy atom. The molecule has 0 aliphatic heterocycles. The van der Waals surface area contributed by atoms with Crippen LogP contribution in [0.25, 0.3) is 0 Å². The van der Waals surface area contributed by atoms with Gasteiger partial charge in [0.2, 0.25) is 10.0 Å². The zero-order valence-corrected chi connectivity index (χ0v) is 13.6. The van der Waals surface area contributed by atoms with Crippen molar-refractivity contribution in [3.8, 4) is 0 Å². The highest BCUT2D eigenvalue weighted by atomic mass is 32.2. The first-order chi connectivity index (χ1) is 9.38. The maximum absolute atomic E-state index is 12.3. The van der Waals surface area contributed by atoms with Crippen LogP contribution in [0, 0.1) is 6.92 Å². The second-order valence-electron chi connectivity index (χ2n) is 5.26. The van der Waals surface area contributed by atoms with Crippen LogP contribution in [0.1, 0.15) is 44.4 Å². The van der Waals surface area contributed by atoms with Crippen molar-refractivity contribution in [2.75, 3.05) is 13.1 Å². The van der Waals surface area contributed by atoms with E-state index in [-0.39, 0.29) is 6.04 Å². The fraction of sp³-hybridized carbons (Fsp3) is 0.600. The predicted octanol–water partition coefficient (Wildman–Crippen LogP) is 2.36. The SMILES string of the molecule is CCCNCC(C)S(=O)(=O)NC(C)c1ccccc1C. The van der Waals surface area contributed by atoms with Gasteiger partial charge in [-0.15, -0.1) is 0 Å². The molecule has 0 heterocycles. The molecule has 0 radical (unpaired) electrons. The van der Waals surface area contributed by atoms with Gasteiger partial charge in [-0.05, 0) is 44.9 Å². The third kappa shape index (κ3) is 4.89. The number of aryl methyl sites for hydroxylation is 1. The van der Waals surface area contributed by atoms with Gasteiger partial charge in [0.1, 0.15) is 0 Å². The number of hydrogen-bond donors (Lipinski definition) is 2. The Balaban J connectivity index is 2.68. The van der Waals surface area contributed by atoms with Crippen LogP contribution in [0.15, 0.2) is 24.3 Å². The predicted molar refractivity (Wildman–Crippen MR) is 84.3 cm³/mol. The van der Waals surface area contributed by atoms with Gasteiger partial charge < -0.3 is 5.32 Å². The molecule has 4 nitrogen and oxygen atoms in total. The summed E-state index contributed by atoms with van der Waals surface area (Å²) < 4.78 is 27.3. The Bertz CT molecular complexity index is 514. The summed E-state index contributed by atoms with van der Waals surface area (Å²) in [5, 5.41) is 2.70. The summed E-state index contributed by atoms with van der Waals surface area (Å²) in [6.45, 7) is 8.98. The first-order valence-corrected chi connectivity index (χ1v) is 8.70. The van der Waals surface area contributed by atoms with Crippen molar-refractivity contribution in [2.45, 2.75) is 45.4 Å². The van der Waals surface area contributed by atoms with Crippen LogP contribution >= 0.6 is 0 Å². The largest absolute Gasteiger partial charge is 0.315 e. The Labute approximate surface area is 123 Å².